The number of thiophene rings is 1. The minimum absolute atomic E-state index is 0.00671. The van der Waals surface area contributed by atoms with E-state index in [1.54, 1.807) is 11.3 Å². The van der Waals surface area contributed by atoms with Gasteiger partial charge in [0.1, 0.15) is 0 Å². The number of rotatable bonds is 4. The molecule has 0 spiro atoms. The summed E-state index contributed by atoms with van der Waals surface area (Å²) in [5, 5.41) is 5.22. The fourth-order valence-corrected chi connectivity index (χ4v) is 3.52. The van der Waals surface area contributed by atoms with Crippen molar-refractivity contribution in [3.05, 3.63) is 21.9 Å². The van der Waals surface area contributed by atoms with Gasteiger partial charge in [-0.2, -0.15) is 0 Å². The SMILES string of the molecule is CC(C)CC(N)C(=O)NC1CCCc2sccc21. The Kier molecular flexibility index (Phi) is 4.40. The van der Waals surface area contributed by atoms with Gasteiger partial charge in [-0.15, -0.1) is 11.3 Å². The van der Waals surface area contributed by atoms with E-state index in [-0.39, 0.29) is 18.0 Å². The first-order chi connectivity index (χ1) is 8.58. The molecule has 2 rings (SSSR count). The Morgan fingerprint density at radius 3 is 3.11 bits per heavy atom. The van der Waals surface area contributed by atoms with Crippen molar-refractivity contribution in [3.8, 4) is 0 Å². The number of fused-ring (bicyclic) bond motifs is 1. The van der Waals surface area contributed by atoms with Gasteiger partial charge in [0, 0.05) is 4.88 Å². The molecule has 0 saturated carbocycles. The summed E-state index contributed by atoms with van der Waals surface area (Å²) < 4.78 is 0. The average molecular weight is 266 g/mol. The second-order valence-electron chi connectivity index (χ2n) is 5.49. The molecule has 1 aliphatic rings. The molecule has 4 heteroatoms. The molecular weight excluding hydrogens is 244 g/mol. The second kappa shape index (κ2) is 5.85. The maximum Gasteiger partial charge on any atom is 0.237 e. The van der Waals surface area contributed by atoms with Crippen molar-refractivity contribution >= 4 is 17.2 Å². The zero-order valence-corrected chi connectivity index (χ0v) is 11.9. The predicted octanol–water partition coefficient (Wildman–Crippen LogP) is 2.62. The van der Waals surface area contributed by atoms with Crippen molar-refractivity contribution in [3.63, 3.8) is 0 Å². The van der Waals surface area contributed by atoms with E-state index in [0.717, 1.165) is 25.7 Å². The molecule has 0 aromatic carbocycles. The lowest BCUT2D eigenvalue weighted by Gasteiger charge is -2.25. The molecule has 100 valence electrons. The van der Waals surface area contributed by atoms with E-state index >= 15 is 0 Å². The molecular formula is C14H22N2OS. The van der Waals surface area contributed by atoms with E-state index in [4.69, 9.17) is 5.73 Å². The maximum absolute atomic E-state index is 12.0. The first-order valence-corrected chi connectivity index (χ1v) is 7.58. The Bertz CT molecular complexity index is 414. The van der Waals surface area contributed by atoms with Crippen LogP contribution in [0.25, 0.3) is 0 Å². The van der Waals surface area contributed by atoms with Crippen LogP contribution >= 0.6 is 11.3 Å². The Morgan fingerprint density at radius 2 is 2.39 bits per heavy atom. The molecule has 0 bridgehead atoms. The second-order valence-corrected chi connectivity index (χ2v) is 6.49. The molecule has 3 nitrogen and oxygen atoms in total. The van der Waals surface area contributed by atoms with Crippen LogP contribution in [0.3, 0.4) is 0 Å². The summed E-state index contributed by atoms with van der Waals surface area (Å²) in [6.07, 6.45) is 4.08. The van der Waals surface area contributed by atoms with E-state index in [9.17, 15) is 4.79 Å². The zero-order valence-electron chi connectivity index (χ0n) is 11.1. The van der Waals surface area contributed by atoms with Gasteiger partial charge in [0.2, 0.25) is 5.91 Å². The Morgan fingerprint density at radius 1 is 1.61 bits per heavy atom. The van der Waals surface area contributed by atoms with Crippen molar-refractivity contribution in [2.75, 3.05) is 0 Å². The Hall–Kier alpha value is -0.870. The van der Waals surface area contributed by atoms with E-state index < -0.39 is 0 Å². The van der Waals surface area contributed by atoms with Crippen LogP contribution in [0.15, 0.2) is 11.4 Å². The summed E-state index contributed by atoms with van der Waals surface area (Å²) in [6.45, 7) is 4.18. The van der Waals surface area contributed by atoms with Gasteiger partial charge < -0.3 is 11.1 Å². The minimum atomic E-state index is -0.381. The largest absolute Gasteiger partial charge is 0.348 e. The molecule has 3 N–H and O–H groups in total. The molecule has 0 fully saturated rings. The lowest BCUT2D eigenvalue weighted by molar-refractivity contribution is -0.123. The predicted molar refractivity (Wildman–Crippen MR) is 75.6 cm³/mol. The van der Waals surface area contributed by atoms with Crippen LogP contribution in [0.1, 0.15) is 49.6 Å². The van der Waals surface area contributed by atoms with Gasteiger partial charge in [0.05, 0.1) is 12.1 Å². The lowest BCUT2D eigenvalue weighted by atomic mass is 9.93. The fourth-order valence-electron chi connectivity index (χ4n) is 2.53. The van der Waals surface area contributed by atoms with Gasteiger partial charge in [0.25, 0.3) is 0 Å². The van der Waals surface area contributed by atoms with Crippen molar-refractivity contribution < 1.29 is 4.79 Å². The first kappa shape index (κ1) is 13.6. The van der Waals surface area contributed by atoms with Gasteiger partial charge in [0.15, 0.2) is 0 Å². The monoisotopic (exact) mass is 266 g/mol. The average Bonchev–Trinajstić information content (AvgIpc) is 2.77. The van der Waals surface area contributed by atoms with Gasteiger partial charge in [-0.05, 0) is 48.6 Å². The minimum Gasteiger partial charge on any atom is -0.348 e. The number of amides is 1. The summed E-state index contributed by atoms with van der Waals surface area (Å²) in [5.74, 6) is 0.446. The quantitative estimate of drug-likeness (QED) is 0.880. The zero-order chi connectivity index (χ0) is 13.1. The van der Waals surface area contributed by atoms with Crippen molar-refractivity contribution in [1.29, 1.82) is 0 Å². The van der Waals surface area contributed by atoms with E-state index in [1.165, 1.54) is 10.4 Å². The van der Waals surface area contributed by atoms with E-state index in [2.05, 4.69) is 30.6 Å². The summed E-state index contributed by atoms with van der Waals surface area (Å²) in [5.41, 5.74) is 7.22. The third-order valence-electron chi connectivity index (χ3n) is 3.43. The molecule has 1 heterocycles. The van der Waals surface area contributed by atoms with Crippen LogP contribution in [0, 0.1) is 5.92 Å². The Balaban J connectivity index is 1.97. The molecule has 0 radical (unpaired) electrons. The van der Waals surface area contributed by atoms with Gasteiger partial charge in [-0.3, -0.25) is 4.79 Å². The summed E-state index contributed by atoms with van der Waals surface area (Å²) in [4.78, 5) is 13.5. The summed E-state index contributed by atoms with van der Waals surface area (Å²) >= 11 is 1.79. The van der Waals surface area contributed by atoms with Crippen LogP contribution in [-0.2, 0) is 11.2 Å². The number of carbonyl (C=O) groups excluding carboxylic acids is 1. The van der Waals surface area contributed by atoms with E-state index in [0.29, 0.717) is 5.92 Å². The molecule has 2 atom stereocenters. The highest BCUT2D eigenvalue weighted by atomic mass is 32.1. The molecule has 0 saturated heterocycles. The van der Waals surface area contributed by atoms with Crippen LogP contribution < -0.4 is 11.1 Å². The topological polar surface area (TPSA) is 55.1 Å². The number of aryl methyl sites for hydroxylation is 1. The fraction of sp³-hybridized carbons (Fsp3) is 0.643. The highest BCUT2D eigenvalue weighted by Crippen LogP contribution is 2.33. The van der Waals surface area contributed by atoms with Crippen molar-refractivity contribution in [2.45, 2.75) is 51.6 Å². The van der Waals surface area contributed by atoms with Gasteiger partial charge in [-0.1, -0.05) is 13.8 Å². The highest BCUT2D eigenvalue weighted by molar-refractivity contribution is 7.10. The van der Waals surface area contributed by atoms with Crippen LogP contribution in [0.2, 0.25) is 0 Å². The number of hydrogen-bond donors (Lipinski definition) is 2. The van der Waals surface area contributed by atoms with E-state index in [1.807, 2.05) is 0 Å². The number of hydrogen-bond acceptors (Lipinski definition) is 3. The summed E-state index contributed by atoms with van der Waals surface area (Å²) in [6, 6.07) is 1.93. The number of nitrogens with one attached hydrogen (secondary N) is 1. The molecule has 1 amide bonds. The molecule has 2 unspecified atom stereocenters. The molecule has 1 aromatic heterocycles. The van der Waals surface area contributed by atoms with Crippen molar-refractivity contribution in [2.24, 2.45) is 11.7 Å². The van der Waals surface area contributed by atoms with Crippen molar-refractivity contribution in [1.82, 2.24) is 5.32 Å². The third-order valence-corrected chi connectivity index (χ3v) is 4.43. The van der Waals surface area contributed by atoms with Crippen LogP contribution in [0.5, 0.6) is 0 Å². The maximum atomic E-state index is 12.0. The third kappa shape index (κ3) is 3.12. The number of carbonyl (C=O) groups is 1. The smallest absolute Gasteiger partial charge is 0.237 e. The first-order valence-electron chi connectivity index (χ1n) is 6.70. The standard InChI is InChI=1S/C14H22N2OS/c1-9(2)8-11(15)14(17)16-12-4-3-5-13-10(12)6-7-18-13/h6-7,9,11-12H,3-5,8,15H2,1-2H3,(H,16,17). The summed E-state index contributed by atoms with van der Waals surface area (Å²) in [7, 11) is 0. The molecule has 0 aliphatic heterocycles. The van der Waals surface area contributed by atoms with Crippen LogP contribution in [0.4, 0.5) is 0 Å². The van der Waals surface area contributed by atoms with Gasteiger partial charge >= 0.3 is 0 Å². The normalized spacial score (nSPS) is 20.6. The van der Waals surface area contributed by atoms with Gasteiger partial charge in [-0.25, -0.2) is 0 Å². The molecule has 1 aromatic rings. The molecule has 1 aliphatic carbocycles. The highest BCUT2D eigenvalue weighted by Gasteiger charge is 2.24. The number of nitrogens with two attached hydrogens (primary N) is 1. The van der Waals surface area contributed by atoms with Crippen LogP contribution in [-0.4, -0.2) is 11.9 Å². The lowest BCUT2D eigenvalue weighted by Crippen LogP contribution is -2.43. The molecule has 18 heavy (non-hydrogen) atoms. The Labute approximate surface area is 113 Å².